The predicted octanol–water partition coefficient (Wildman–Crippen LogP) is 4.73. The summed E-state index contributed by atoms with van der Waals surface area (Å²) in [5.74, 6) is 0.169. The van der Waals surface area contributed by atoms with Crippen molar-refractivity contribution in [3.8, 4) is 0 Å². The lowest BCUT2D eigenvalue weighted by Gasteiger charge is -2.12. The maximum Gasteiger partial charge on any atom is 0.294 e. The Morgan fingerprint density at radius 2 is 1.97 bits per heavy atom. The molecule has 0 aliphatic carbocycles. The van der Waals surface area contributed by atoms with Crippen molar-refractivity contribution in [1.29, 1.82) is 0 Å². The molecular weight excluding hydrogens is 446 g/mol. The number of halogens is 1. The molecule has 5 aromatic rings. The molecule has 0 aliphatic heterocycles. The van der Waals surface area contributed by atoms with E-state index in [1.54, 1.807) is 24.4 Å². The number of hydrogen-bond acceptors (Lipinski definition) is 8. The number of rotatable bonds is 5. The first-order chi connectivity index (χ1) is 15.6. The van der Waals surface area contributed by atoms with Gasteiger partial charge in [0.25, 0.3) is 5.91 Å². The number of nitrogens with two attached hydrogens (primary N) is 1. The van der Waals surface area contributed by atoms with E-state index in [-0.39, 0.29) is 11.6 Å². The molecule has 32 heavy (non-hydrogen) atoms. The van der Waals surface area contributed by atoms with E-state index in [0.29, 0.717) is 28.7 Å². The van der Waals surface area contributed by atoms with Gasteiger partial charge >= 0.3 is 0 Å². The Bertz CT molecular complexity index is 1470. The number of anilines is 3. The van der Waals surface area contributed by atoms with Crippen molar-refractivity contribution in [3.63, 3.8) is 0 Å². The highest BCUT2D eigenvalue weighted by Gasteiger charge is 2.16. The van der Waals surface area contributed by atoms with Gasteiger partial charge in [0.15, 0.2) is 5.15 Å². The molecule has 0 bridgehead atoms. The van der Waals surface area contributed by atoms with Crippen molar-refractivity contribution in [2.45, 2.75) is 6.54 Å². The third kappa shape index (κ3) is 3.91. The predicted molar refractivity (Wildman–Crippen MR) is 128 cm³/mol. The van der Waals surface area contributed by atoms with E-state index in [1.807, 2.05) is 35.7 Å². The molecule has 4 heterocycles. The third-order valence-electron chi connectivity index (χ3n) is 4.80. The third-order valence-corrected chi connectivity index (χ3v) is 6.03. The van der Waals surface area contributed by atoms with Gasteiger partial charge in [-0.2, -0.15) is 0 Å². The molecule has 0 unspecified atom stereocenters. The maximum absolute atomic E-state index is 12.8. The maximum atomic E-state index is 12.8. The van der Waals surface area contributed by atoms with E-state index in [4.69, 9.17) is 17.3 Å². The van der Waals surface area contributed by atoms with Crippen LogP contribution in [0.2, 0.25) is 5.15 Å². The van der Waals surface area contributed by atoms with Gasteiger partial charge in [-0.1, -0.05) is 35.9 Å². The van der Waals surface area contributed by atoms with Crippen LogP contribution < -0.4 is 16.4 Å². The summed E-state index contributed by atoms with van der Waals surface area (Å²) in [6, 6.07) is 15.0. The van der Waals surface area contributed by atoms with E-state index in [9.17, 15) is 4.79 Å². The highest BCUT2D eigenvalue weighted by atomic mass is 35.5. The minimum atomic E-state index is -0.484. The molecule has 0 atom stereocenters. The number of fused-ring (bicyclic) bond motifs is 2. The summed E-state index contributed by atoms with van der Waals surface area (Å²) in [4.78, 5) is 30.0. The number of pyridine rings is 2. The second-order valence-corrected chi connectivity index (χ2v) is 8.17. The minimum Gasteiger partial charge on any atom is -0.382 e. The van der Waals surface area contributed by atoms with Gasteiger partial charge in [-0.05, 0) is 35.0 Å². The minimum absolute atomic E-state index is 0.00910. The van der Waals surface area contributed by atoms with Gasteiger partial charge in [0.2, 0.25) is 5.82 Å². The van der Waals surface area contributed by atoms with Gasteiger partial charge in [-0.3, -0.25) is 4.79 Å². The van der Waals surface area contributed by atoms with E-state index < -0.39 is 5.91 Å². The molecule has 0 aliphatic rings. The van der Waals surface area contributed by atoms with Crippen LogP contribution in [0.25, 0.3) is 21.0 Å². The van der Waals surface area contributed by atoms with Gasteiger partial charge in [-0.15, -0.1) is 11.3 Å². The highest BCUT2D eigenvalue weighted by Crippen LogP contribution is 2.25. The van der Waals surface area contributed by atoms with Crippen molar-refractivity contribution in [3.05, 3.63) is 76.8 Å². The van der Waals surface area contributed by atoms with E-state index in [0.717, 1.165) is 21.2 Å². The van der Waals surface area contributed by atoms with E-state index in [2.05, 4.69) is 30.6 Å². The monoisotopic (exact) mass is 461 g/mol. The fourth-order valence-corrected chi connectivity index (χ4v) is 4.25. The van der Waals surface area contributed by atoms with E-state index in [1.165, 1.54) is 11.3 Å². The molecule has 10 heteroatoms. The second kappa shape index (κ2) is 8.37. The van der Waals surface area contributed by atoms with E-state index >= 15 is 0 Å². The zero-order chi connectivity index (χ0) is 22.1. The lowest BCUT2D eigenvalue weighted by molar-refractivity contribution is 0.101. The second-order valence-electron chi connectivity index (χ2n) is 6.89. The molecule has 8 nitrogen and oxygen atoms in total. The van der Waals surface area contributed by atoms with Crippen LogP contribution >= 0.6 is 22.9 Å². The number of hydrogen-bond donors (Lipinski definition) is 3. The standard InChI is InChI=1S/C22H16ClN7OS/c23-19-15(6-3-8-25-19)26-11-16-13-5-2-1-4-12(13)10-17(27-16)29-22(31)21-28-14-7-9-32-18(14)20(24)30-21/h1-10,26H,11H2,(H2,24,28,30)(H,27,29,31). The van der Waals surface area contributed by atoms with Crippen molar-refractivity contribution in [2.24, 2.45) is 0 Å². The average Bonchev–Trinajstić information content (AvgIpc) is 3.28. The SMILES string of the molecule is Nc1nc(C(=O)Nc2cc3ccccc3c(CNc3cccnc3Cl)n2)nc2ccsc12. The van der Waals surface area contributed by atoms with Crippen LogP contribution in [-0.4, -0.2) is 25.8 Å². The van der Waals surface area contributed by atoms with Gasteiger partial charge < -0.3 is 16.4 Å². The summed E-state index contributed by atoms with van der Waals surface area (Å²) < 4.78 is 0.757. The Hall–Kier alpha value is -3.82. The Morgan fingerprint density at radius 3 is 2.84 bits per heavy atom. The molecule has 1 aromatic carbocycles. The van der Waals surface area contributed by atoms with Crippen LogP contribution in [0, 0.1) is 0 Å². The quantitative estimate of drug-likeness (QED) is 0.323. The molecule has 0 radical (unpaired) electrons. The zero-order valence-corrected chi connectivity index (χ0v) is 18.1. The number of nitrogens with one attached hydrogen (secondary N) is 2. The van der Waals surface area contributed by atoms with Gasteiger partial charge in [-0.25, -0.2) is 19.9 Å². The van der Waals surface area contributed by atoms with Crippen LogP contribution in [0.4, 0.5) is 17.3 Å². The van der Waals surface area contributed by atoms with Gasteiger partial charge in [0.1, 0.15) is 11.6 Å². The summed E-state index contributed by atoms with van der Waals surface area (Å²) in [6.07, 6.45) is 1.62. The lowest BCUT2D eigenvalue weighted by atomic mass is 10.1. The van der Waals surface area contributed by atoms with Crippen molar-refractivity contribution in [2.75, 3.05) is 16.4 Å². The van der Waals surface area contributed by atoms with Crippen molar-refractivity contribution < 1.29 is 4.79 Å². The normalized spacial score (nSPS) is 11.0. The molecule has 4 aromatic heterocycles. The Labute approximate surface area is 191 Å². The van der Waals surface area contributed by atoms with Crippen LogP contribution in [0.15, 0.2) is 60.1 Å². The first-order valence-corrected chi connectivity index (χ1v) is 10.9. The number of nitrogens with zero attached hydrogens (tertiary/aromatic N) is 4. The zero-order valence-electron chi connectivity index (χ0n) is 16.5. The molecule has 0 spiro atoms. The number of aromatic nitrogens is 4. The summed E-state index contributed by atoms with van der Waals surface area (Å²) in [6.45, 7) is 0.389. The topological polar surface area (TPSA) is 119 Å². The largest absolute Gasteiger partial charge is 0.382 e. The number of benzene rings is 1. The smallest absolute Gasteiger partial charge is 0.294 e. The Morgan fingerprint density at radius 1 is 1.09 bits per heavy atom. The summed E-state index contributed by atoms with van der Waals surface area (Å²) in [7, 11) is 0. The number of nitrogen functional groups attached to an aromatic ring is 1. The Kier molecular flexibility index (Phi) is 5.26. The van der Waals surface area contributed by atoms with Crippen molar-refractivity contribution in [1.82, 2.24) is 19.9 Å². The molecule has 0 fully saturated rings. The van der Waals surface area contributed by atoms with Gasteiger partial charge in [0.05, 0.1) is 28.1 Å². The molecular formula is C22H16ClN7OS. The summed E-state index contributed by atoms with van der Waals surface area (Å²) >= 11 is 7.58. The van der Waals surface area contributed by atoms with Crippen LogP contribution in [0.3, 0.4) is 0 Å². The fraction of sp³-hybridized carbons (Fsp3) is 0.0455. The number of thiophene rings is 1. The van der Waals surface area contributed by atoms with Crippen molar-refractivity contribution >= 4 is 67.2 Å². The molecule has 1 amide bonds. The Balaban J connectivity index is 1.45. The molecule has 5 rings (SSSR count). The molecule has 0 saturated heterocycles. The highest BCUT2D eigenvalue weighted by molar-refractivity contribution is 7.17. The van der Waals surface area contributed by atoms with Crippen LogP contribution in [-0.2, 0) is 6.54 Å². The average molecular weight is 462 g/mol. The number of carbonyl (C=O) groups is 1. The lowest BCUT2D eigenvalue weighted by Crippen LogP contribution is -2.18. The molecule has 158 valence electrons. The first-order valence-electron chi connectivity index (χ1n) is 9.63. The number of amides is 1. The van der Waals surface area contributed by atoms with Crippen LogP contribution in [0.5, 0.6) is 0 Å². The molecule has 4 N–H and O–H groups in total. The fourth-order valence-electron chi connectivity index (χ4n) is 3.33. The first kappa shape index (κ1) is 20.1. The van der Waals surface area contributed by atoms with Gasteiger partial charge in [0, 0.05) is 11.6 Å². The summed E-state index contributed by atoms with van der Waals surface area (Å²) in [5.41, 5.74) is 8.05. The number of carbonyl (C=O) groups excluding carboxylic acids is 1. The molecule has 0 saturated carbocycles. The van der Waals surface area contributed by atoms with Crippen LogP contribution in [0.1, 0.15) is 16.3 Å². The summed E-state index contributed by atoms with van der Waals surface area (Å²) in [5, 5.41) is 10.2.